The third kappa shape index (κ3) is 3.60. The summed E-state index contributed by atoms with van der Waals surface area (Å²) < 4.78 is 37.7. The Morgan fingerprint density at radius 2 is 1.94 bits per heavy atom. The molecule has 0 aliphatic heterocycles. The summed E-state index contributed by atoms with van der Waals surface area (Å²) in [6.45, 7) is 7.08. The number of benzene rings is 1. The van der Waals surface area contributed by atoms with Crippen molar-refractivity contribution in [3.05, 3.63) is 48.0 Å². The van der Waals surface area contributed by atoms with Gasteiger partial charge in [-0.25, -0.2) is 0 Å². The molecule has 0 radical (unpaired) electrons. The summed E-state index contributed by atoms with van der Waals surface area (Å²) in [4.78, 5) is 0. The van der Waals surface area contributed by atoms with E-state index >= 15 is 0 Å². The van der Waals surface area contributed by atoms with Crippen LogP contribution in [0.3, 0.4) is 0 Å². The van der Waals surface area contributed by atoms with Crippen molar-refractivity contribution in [2.45, 2.75) is 32.5 Å². The van der Waals surface area contributed by atoms with Gasteiger partial charge in [0.25, 0.3) is 0 Å². The highest BCUT2D eigenvalue weighted by Gasteiger charge is 2.31. The first-order valence-electron chi connectivity index (χ1n) is 5.63. The van der Waals surface area contributed by atoms with E-state index in [0.717, 1.165) is 12.1 Å². The lowest BCUT2D eigenvalue weighted by molar-refractivity contribution is -0.137. The Hall–Kier alpha value is -1.29. The number of rotatable bonds is 4. The van der Waals surface area contributed by atoms with Crippen LogP contribution in [0.15, 0.2) is 36.9 Å². The molecular formula is C14H17F3O. The Morgan fingerprint density at radius 3 is 2.44 bits per heavy atom. The van der Waals surface area contributed by atoms with Crippen LogP contribution in [0.1, 0.15) is 25.0 Å². The maximum absolute atomic E-state index is 12.6. The van der Waals surface area contributed by atoms with E-state index in [1.165, 1.54) is 12.1 Å². The number of aliphatic hydroxyl groups is 1. The third-order valence-corrected chi connectivity index (χ3v) is 2.94. The van der Waals surface area contributed by atoms with Crippen molar-refractivity contribution in [3.63, 3.8) is 0 Å². The molecule has 0 saturated carbocycles. The van der Waals surface area contributed by atoms with Crippen LogP contribution >= 0.6 is 0 Å². The second kappa shape index (κ2) is 5.14. The topological polar surface area (TPSA) is 20.2 Å². The van der Waals surface area contributed by atoms with Gasteiger partial charge in [0.15, 0.2) is 0 Å². The van der Waals surface area contributed by atoms with E-state index in [0.29, 0.717) is 12.0 Å². The van der Waals surface area contributed by atoms with Crippen LogP contribution < -0.4 is 0 Å². The molecule has 1 nitrogen and oxygen atoms in total. The van der Waals surface area contributed by atoms with Crippen LogP contribution in [-0.4, -0.2) is 11.2 Å². The molecule has 4 heteroatoms. The van der Waals surface area contributed by atoms with Gasteiger partial charge in [-0.15, -0.1) is 6.58 Å². The molecule has 0 aromatic heterocycles. The average molecular weight is 258 g/mol. The monoisotopic (exact) mass is 258 g/mol. The van der Waals surface area contributed by atoms with Gasteiger partial charge in [0, 0.05) is 0 Å². The van der Waals surface area contributed by atoms with E-state index in [1.54, 1.807) is 19.9 Å². The zero-order valence-corrected chi connectivity index (χ0v) is 10.5. The summed E-state index contributed by atoms with van der Waals surface area (Å²) in [6.07, 6.45) is -3.35. The lowest BCUT2D eigenvalue weighted by atomic mass is 9.80. The molecule has 1 aromatic carbocycles. The molecule has 1 aromatic rings. The van der Waals surface area contributed by atoms with Crippen LogP contribution in [0.5, 0.6) is 0 Å². The molecule has 0 amide bonds. The quantitative estimate of drug-likeness (QED) is 0.814. The van der Waals surface area contributed by atoms with E-state index in [4.69, 9.17) is 0 Å². The van der Waals surface area contributed by atoms with Gasteiger partial charge >= 0.3 is 6.18 Å². The Kier molecular flexibility index (Phi) is 4.22. The number of halogens is 3. The van der Waals surface area contributed by atoms with Gasteiger partial charge in [-0.05, 0) is 23.5 Å². The first kappa shape index (κ1) is 14.8. The molecule has 0 heterocycles. The Labute approximate surface area is 105 Å². The number of hydrogen-bond donors (Lipinski definition) is 1. The fourth-order valence-corrected chi connectivity index (χ4v) is 1.81. The predicted octanol–water partition coefficient (Wildman–Crippen LogP) is 3.82. The lowest BCUT2D eigenvalue weighted by Crippen LogP contribution is -2.29. The normalized spacial score (nSPS) is 14.3. The predicted molar refractivity (Wildman–Crippen MR) is 65.1 cm³/mol. The minimum atomic E-state index is -4.34. The molecule has 1 rings (SSSR count). The molecular weight excluding hydrogens is 241 g/mol. The van der Waals surface area contributed by atoms with Crippen molar-refractivity contribution in [3.8, 4) is 0 Å². The fraction of sp³-hybridized carbons (Fsp3) is 0.429. The minimum Gasteiger partial charge on any atom is -0.388 e. The molecule has 0 aliphatic rings. The van der Waals surface area contributed by atoms with Gasteiger partial charge in [0.2, 0.25) is 0 Å². The molecule has 0 bridgehead atoms. The van der Waals surface area contributed by atoms with Crippen molar-refractivity contribution in [1.29, 1.82) is 0 Å². The number of hydrogen-bond acceptors (Lipinski definition) is 1. The maximum atomic E-state index is 12.6. The smallest absolute Gasteiger partial charge is 0.388 e. The molecule has 0 aliphatic carbocycles. The minimum absolute atomic E-state index is 0.351. The summed E-state index contributed by atoms with van der Waals surface area (Å²) >= 11 is 0. The van der Waals surface area contributed by atoms with Crippen molar-refractivity contribution in [2.75, 3.05) is 0 Å². The van der Waals surface area contributed by atoms with Crippen LogP contribution in [0.4, 0.5) is 13.2 Å². The van der Waals surface area contributed by atoms with E-state index in [9.17, 15) is 18.3 Å². The molecule has 0 saturated heterocycles. The standard InChI is InChI=1S/C14H17F3O/c1-4-12(18)13(2,3)9-10-6-5-7-11(8-10)14(15,16)17/h4-8,12,18H,1,9H2,2-3H3. The highest BCUT2D eigenvalue weighted by Crippen LogP contribution is 2.32. The Morgan fingerprint density at radius 1 is 1.33 bits per heavy atom. The van der Waals surface area contributed by atoms with E-state index in [-0.39, 0.29) is 0 Å². The van der Waals surface area contributed by atoms with E-state index < -0.39 is 23.3 Å². The molecule has 1 N–H and O–H groups in total. The van der Waals surface area contributed by atoms with Gasteiger partial charge in [0.1, 0.15) is 0 Å². The van der Waals surface area contributed by atoms with Crippen molar-refractivity contribution in [2.24, 2.45) is 5.41 Å². The summed E-state index contributed by atoms with van der Waals surface area (Å²) in [6, 6.07) is 5.18. The van der Waals surface area contributed by atoms with Crippen LogP contribution in [0, 0.1) is 5.41 Å². The average Bonchev–Trinajstić information content (AvgIpc) is 2.26. The van der Waals surface area contributed by atoms with Crippen molar-refractivity contribution >= 4 is 0 Å². The largest absolute Gasteiger partial charge is 0.416 e. The van der Waals surface area contributed by atoms with Gasteiger partial charge < -0.3 is 5.11 Å². The SMILES string of the molecule is C=CC(O)C(C)(C)Cc1cccc(C(F)(F)F)c1. The summed E-state index contributed by atoms with van der Waals surface area (Å²) in [7, 11) is 0. The van der Waals surface area contributed by atoms with Gasteiger partial charge in [-0.3, -0.25) is 0 Å². The van der Waals surface area contributed by atoms with Gasteiger partial charge in [-0.1, -0.05) is 38.1 Å². The second-order valence-corrected chi connectivity index (χ2v) is 5.04. The van der Waals surface area contributed by atoms with Crippen molar-refractivity contribution < 1.29 is 18.3 Å². The summed E-state index contributed by atoms with van der Waals surface area (Å²) in [5.74, 6) is 0. The second-order valence-electron chi connectivity index (χ2n) is 5.04. The van der Waals surface area contributed by atoms with Crippen LogP contribution in [0.2, 0.25) is 0 Å². The van der Waals surface area contributed by atoms with Crippen molar-refractivity contribution in [1.82, 2.24) is 0 Å². The van der Waals surface area contributed by atoms with Gasteiger partial charge in [0.05, 0.1) is 11.7 Å². The molecule has 1 atom stereocenters. The summed E-state index contributed by atoms with van der Waals surface area (Å²) in [5.41, 5.74) is -0.661. The highest BCUT2D eigenvalue weighted by atomic mass is 19.4. The fourth-order valence-electron chi connectivity index (χ4n) is 1.81. The van der Waals surface area contributed by atoms with Crippen LogP contribution in [0.25, 0.3) is 0 Å². The lowest BCUT2D eigenvalue weighted by Gasteiger charge is -2.28. The number of aliphatic hydroxyl groups excluding tert-OH is 1. The molecule has 0 spiro atoms. The summed E-state index contributed by atoms with van der Waals surface area (Å²) in [5, 5.41) is 9.74. The van der Waals surface area contributed by atoms with E-state index in [1.807, 2.05) is 0 Å². The van der Waals surface area contributed by atoms with Gasteiger partial charge in [-0.2, -0.15) is 13.2 Å². The molecule has 1 unspecified atom stereocenters. The maximum Gasteiger partial charge on any atom is 0.416 e. The first-order valence-corrected chi connectivity index (χ1v) is 5.63. The number of alkyl halides is 3. The highest BCUT2D eigenvalue weighted by molar-refractivity contribution is 5.26. The first-order chi connectivity index (χ1) is 8.16. The molecule has 100 valence electrons. The molecule has 18 heavy (non-hydrogen) atoms. The van der Waals surface area contributed by atoms with Crippen LogP contribution in [-0.2, 0) is 12.6 Å². The van der Waals surface area contributed by atoms with E-state index in [2.05, 4.69) is 6.58 Å². The zero-order valence-electron chi connectivity index (χ0n) is 10.5. The zero-order chi connectivity index (χ0) is 14.0. The molecule has 0 fully saturated rings. The third-order valence-electron chi connectivity index (χ3n) is 2.94. The Bertz CT molecular complexity index is 421. The Balaban J connectivity index is 2.96.